The van der Waals surface area contributed by atoms with Crippen LogP contribution in [0.5, 0.6) is 0 Å². The Hall–Kier alpha value is -0.220. The van der Waals surface area contributed by atoms with Gasteiger partial charge >= 0.3 is 0 Å². The summed E-state index contributed by atoms with van der Waals surface area (Å²) in [6.07, 6.45) is 2.35. The fraction of sp³-hybridized carbons (Fsp3) is 1.00. The molecule has 4 heteroatoms. The Balaban J connectivity index is 2.13. The van der Waals surface area contributed by atoms with Crippen molar-refractivity contribution in [1.29, 1.82) is 0 Å². The molecule has 2 unspecified atom stereocenters. The molecule has 2 nitrogen and oxygen atoms in total. The third-order valence-corrected chi connectivity index (χ3v) is 3.82. The number of hydrogen-bond acceptors (Lipinski definition) is 2. The van der Waals surface area contributed by atoms with Crippen LogP contribution in [0.15, 0.2) is 0 Å². The number of alkyl halides is 2. The lowest BCUT2D eigenvalue weighted by Crippen LogP contribution is -2.41. The second kappa shape index (κ2) is 3.14. The van der Waals surface area contributed by atoms with Crippen molar-refractivity contribution < 1.29 is 13.9 Å². The van der Waals surface area contributed by atoms with Crippen LogP contribution in [0, 0.1) is 5.92 Å². The Morgan fingerprint density at radius 2 is 2.29 bits per heavy atom. The molecule has 0 bridgehead atoms. The second-order valence-electron chi connectivity index (χ2n) is 4.79. The molecule has 0 aromatic carbocycles. The van der Waals surface area contributed by atoms with Crippen molar-refractivity contribution in [3.63, 3.8) is 0 Å². The first-order chi connectivity index (χ1) is 6.48. The molecule has 82 valence electrons. The van der Waals surface area contributed by atoms with Crippen LogP contribution in [0.25, 0.3) is 0 Å². The van der Waals surface area contributed by atoms with Crippen molar-refractivity contribution in [2.24, 2.45) is 5.92 Å². The van der Waals surface area contributed by atoms with Gasteiger partial charge in [0, 0.05) is 18.0 Å². The highest BCUT2D eigenvalue weighted by Crippen LogP contribution is 2.45. The lowest BCUT2D eigenvalue weighted by molar-refractivity contribution is -0.0367. The fourth-order valence-electron chi connectivity index (χ4n) is 2.88. The number of rotatable bonds is 2. The van der Waals surface area contributed by atoms with E-state index in [1.807, 2.05) is 0 Å². The Kier molecular flexibility index (Phi) is 2.31. The zero-order chi connectivity index (χ0) is 10.4. The molecular formula is C10H17F2NO. The van der Waals surface area contributed by atoms with Gasteiger partial charge in [0.1, 0.15) is 0 Å². The van der Waals surface area contributed by atoms with E-state index in [2.05, 4.69) is 4.90 Å². The number of aliphatic hydroxyl groups is 1. The van der Waals surface area contributed by atoms with Crippen molar-refractivity contribution in [1.82, 2.24) is 4.90 Å². The molecule has 0 aliphatic carbocycles. The average molecular weight is 205 g/mol. The topological polar surface area (TPSA) is 23.5 Å². The quantitative estimate of drug-likeness (QED) is 0.738. The van der Waals surface area contributed by atoms with Crippen LogP contribution in [-0.4, -0.2) is 41.2 Å². The summed E-state index contributed by atoms with van der Waals surface area (Å²) in [5, 5.41) is 9.32. The minimum Gasteiger partial charge on any atom is -0.394 e. The molecule has 2 aliphatic rings. The van der Waals surface area contributed by atoms with Gasteiger partial charge in [0.2, 0.25) is 5.92 Å². The van der Waals surface area contributed by atoms with Crippen molar-refractivity contribution in [2.75, 3.05) is 19.7 Å². The summed E-state index contributed by atoms with van der Waals surface area (Å²) in [6, 6.07) is 0. The maximum atomic E-state index is 13.1. The summed E-state index contributed by atoms with van der Waals surface area (Å²) in [6.45, 7) is 2.34. The monoisotopic (exact) mass is 205 g/mol. The first-order valence-corrected chi connectivity index (χ1v) is 5.22. The van der Waals surface area contributed by atoms with Crippen molar-refractivity contribution >= 4 is 0 Å². The maximum Gasteiger partial charge on any atom is 0.249 e. The Morgan fingerprint density at radius 1 is 1.57 bits per heavy atom. The lowest BCUT2D eigenvalue weighted by atomic mass is 9.88. The molecule has 2 fully saturated rings. The van der Waals surface area contributed by atoms with E-state index in [-0.39, 0.29) is 12.1 Å². The van der Waals surface area contributed by atoms with Crippen LogP contribution < -0.4 is 0 Å². The molecule has 0 amide bonds. The van der Waals surface area contributed by atoms with E-state index in [0.717, 1.165) is 26.3 Å². The summed E-state index contributed by atoms with van der Waals surface area (Å²) < 4.78 is 26.3. The van der Waals surface area contributed by atoms with Gasteiger partial charge in [-0.3, -0.25) is 4.90 Å². The molecule has 0 saturated carbocycles. The van der Waals surface area contributed by atoms with Crippen LogP contribution in [0.2, 0.25) is 0 Å². The zero-order valence-corrected chi connectivity index (χ0v) is 8.47. The van der Waals surface area contributed by atoms with E-state index in [9.17, 15) is 13.9 Å². The van der Waals surface area contributed by atoms with Gasteiger partial charge < -0.3 is 5.11 Å². The lowest BCUT2D eigenvalue weighted by Gasteiger charge is -2.29. The first kappa shape index (κ1) is 10.3. The van der Waals surface area contributed by atoms with Crippen molar-refractivity contribution in [3.8, 4) is 0 Å². The molecule has 1 N–H and O–H groups in total. The van der Waals surface area contributed by atoms with Crippen molar-refractivity contribution in [2.45, 2.75) is 37.6 Å². The minimum absolute atomic E-state index is 0.0274. The molecule has 2 aliphatic heterocycles. The standard InChI is InChI=1S/C10H17F2NO/c1-9(11,12)8-5-10(7-14)3-2-4-13(10)6-8/h8,14H,2-7H2,1H3. The molecule has 0 aromatic heterocycles. The SMILES string of the molecule is CC(F)(F)C1CN2CCCC2(CO)C1. The van der Waals surface area contributed by atoms with Crippen LogP contribution in [0.3, 0.4) is 0 Å². The predicted molar refractivity (Wildman–Crippen MR) is 49.4 cm³/mol. The molecule has 2 atom stereocenters. The number of aliphatic hydroxyl groups excluding tert-OH is 1. The Morgan fingerprint density at radius 3 is 2.79 bits per heavy atom. The smallest absolute Gasteiger partial charge is 0.249 e. The van der Waals surface area contributed by atoms with Crippen LogP contribution in [0.4, 0.5) is 8.78 Å². The van der Waals surface area contributed by atoms with E-state index in [4.69, 9.17) is 0 Å². The molecule has 2 saturated heterocycles. The summed E-state index contributed by atoms with van der Waals surface area (Å²) in [5.41, 5.74) is -0.315. The van der Waals surface area contributed by atoms with Crippen LogP contribution in [-0.2, 0) is 0 Å². The van der Waals surface area contributed by atoms with Gasteiger partial charge in [0.05, 0.1) is 6.61 Å². The summed E-state index contributed by atoms with van der Waals surface area (Å²) in [7, 11) is 0. The highest BCUT2D eigenvalue weighted by Gasteiger charge is 2.53. The molecule has 0 spiro atoms. The number of halogens is 2. The molecule has 2 rings (SSSR count). The first-order valence-electron chi connectivity index (χ1n) is 5.22. The normalized spacial score (nSPS) is 39.0. The van der Waals surface area contributed by atoms with E-state index < -0.39 is 11.8 Å². The largest absolute Gasteiger partial charge is 0.394 e. The third-order valence-electron chi connectivity index (χ3n) is 3.82. The van der Waals surface area contributed by atoms with Crippen molar-refractivity contribution in [3.05, 3.63) is 0 Å². The second-order valence-corrected chi connectivity index (χ2v) is 4.79. The van der Waals surface area contributed by atoms with E-state index in [1.54, 1.807) is 0 Å². The van der Waals surface area contributed by atoms with Gasteiger partial charge in [0.15, 0.2) is 0 Å². The van der Waals surface area contributed by atoms with Crippen LogP contribution >= 0.6 is 0 Å². The van der Waals surface area contributed by atoms with Gasteiger partial charge in [-0.15, -0.1) is 0 Å². The van der Waals surface area contributed by atoms with Gasteiger partial charge in [-0.05, 0) is 32.7 Å². The highest BCUT2D eigenvalue weighted by molar-refractivity contribution is 5.04. The number of hydrogen-bond donors (Lipinski definition) is 1. The fourth-order valence-corrected chi connectivity index (χ4v) is 2.88. The van der Waals surface area contributed by atoms with Gasteiger partial charge in [-0.2, -0.15) is 0 Å². The molecule has 14 heavy (non-hydrogen) atoms. The number of fused-ring (bicyclic) bond motifs is 1. The minimum atomic E-state index is -2.60. The van der Waals surface area contributed by atoms with Gasteiger partial charge in [-0.1, -0.05) is 0 Å². The molecule has 0 aromatic rings. The molecular weight excluding hydrogens is 188 g/mol. The average Bonchev–Trinajstić information content (AvgIpc) is 2.56. The zero-order valence-electron chi connectivity index (χ0n) is 8.47. The molecule has 2 heterocycles. The summed E-state index contributed by atoms with van der Waals surface area (Å²) in [4.78, 5) is 2.05. The van der Waals surface area contributed by atoms with Crippen LogP contribution in [0.1, 0.15) is 26.2 Å². The number of nitrogens with zero attached hydrogens (tertiary/aromatic N) is 1. The van der Waals surface area contributed by atoms with Gasteiger partial charge in [-0.25, -0.2) is 8.78 Å². The summed E-state index contributed by atoms with van der Waals surface area (Å²) >= 11 is 0. The van der Waals surface area contributed by atoms with E-state index in [1.165, 1.54) is 0 Å². The maximum absolute atomic E-state index is 13.1. The summed E-state index contributed by atoms with van der Waals surface area (Å²) in [5.74, 6) is -3.18. The van der Waals surface area contributed by atoms with Gasteiger partial charge in [0.25, 0.3) is 0 Å². The highest BCUT2D eigenvalue weighted by atomic mass is 19.3. The molecule has 0 radical (unpaired) electrons. The third kappa shape index (κ3) is 1.44. The van der Waals surface area contributed by atoms with E-state index >= 15 is 0 Å². The Labute approximate surface area is 82.9 Å². The van der Waals surface area contributed by atoms with E-state index in [0.29, 0.717) is 13.0 Å². The Bertz CT molecular complexity index is 229. The predicted octanol–water partition coefficient (Wildman–Crippen LogP) is 1.49.